The maximum atomic E-state index is 14.6. The highest BCUT2D eigenvalue weighted by molar-refractivity contribution is 9.10. The minimum absolute atomic E-state index is 0.0516. The van der Waals surface area contributed by atoms with Crippen LogP contribution in [0.25, 0.3) is 5.52 Å². The van der Waals surface area contributed by atoms with E-state index >= 15 is 0 Å². The highest BCUT2D eigenvalue weighted by Crippen LogP contribution is 2.25. The molecule has 0 unspecified atom stereocenters. The molecule has 0 aliphatic heterocycles. The Kier molecular flexibility index (Phi) is 5.52. The van der Waals surface area contributed by atoms with Crippen molar-refractivity contribution in [2.45, 2.75) is 37.8 Å². The first kappa shape index (κ1) is 19.8. The topological polar surface area (TPSA) is 70.8 Å². The van der Waals surface area contributed by atoms with Gasteiger partial charge in [0.25, 0.3) is 5.91 Å². The van der Waals surface area contributed by atoms with Gasteiger partial charge in [-0.1, -0.05) is 28.8 Å². The van der Waals surface area contributed by atoms with Gasteiger partial charge in [-0.2, -0.15) is 0 Å². The molecule has 2 heterocycles. The van der Waals surface area contributed by atoms with Crippen LogP contribution < -0.4 is 5.32 Å². The molecule has 29 heavy (non-hydrogen) atoms. The first-order chi connectivity index (χ1) is 14.0. The van der Waals surface area contributed by atoms with Crippen molar-refractivity contribution in [1.29, 1.82) is 0 Å². The number of amides is 1. The van der Waals surface area contributed by atoms with Crippen LogP contribution in [0.1, 0.15) is 52.1 Å². The van der Waals surface area contributed by atoms with Crippen molar-refractivity contribution in [3.8, 4) is 0 Å². The summed E-state index contributed by atoms with van der Waals surface area (Å²) in [4.78, 5) is 26.0. The van der Waals surface area contributed by atoms with E-state index in [0.717, 1.165) is 17.3 Å². The van der Waals surface area contributed by atoms with Gasteiger partial charge in [-0.15, -0.1) is 0 Å². The number of pyridine rings is 1. The molecule has 1 aromatic carbocycles. The average molecular weight is 459 g/mol. The van der Waals surface area contributed by atoms with Crippen LogP contribution >= 0.6 is 15.9 Å². The van der Waals surface area contributed by atoms with Crippen LogP contribution in [0.4, 0.5) is 4.39 Å². The summed E-state index contributed by atoms with van der Waals surface area (Å²) in [7, 11) is 0. The van der Waals surface area contributed by atoms with Crippen LogP contribution in [0.15, 0.2) is 53.1 Å². The predicted molar refractivity (Wildman–Crippen MR) is 111 cm³/mol. The monoisotopic (exact) mass is 458 g/mol. The molecule has 1 aliphatic carbocycles. The molecule has 0 radical (unpaired) electrons. The molecule has 2 N–H and O–H groups in total. The lowest BCUT2D eigenvalue weighted by molar-refractivity contribution is 0.0718. The number of rotatable bonds is 4. The Labute approximate surface area is 175 Å². The van der Waals surface area contributed by atoms with Gasteiger partial charge in [0.1, 0.15) is 5.82 Å². The summed E-state index contributed by atoms with van der Waals surface area (Å²) in [5.41, 5.74) is 0.778. The zero-order valence-electron chi connectivity index (χ0n) is 15.6. The fraction of sp³-hybridized carbons (Fsp3) is 0.273. The Bertz CT molecular complexity index is 1080. The highest BCUT2D eigenvalue weighted by atomic mass is 79.9. The van der Waals surface area contributed by atoms with Gasteiger partial charge in [-0.25, -0.2) is 4.39 Å². The standard InChI is InChI=1S/C22H20BrFN2O3/c23-14-9-7-13(8-10-14)21(28)18-12-15(20-16(24)4-3-11-26(18)20)22(29)25-17-5-1-2-6-19(17)27/h3-4,7-12,17,19,27H,1-2,5-6H2,(H,25,29)/t17-,19-/m0/s1. The van der Waals surface area contributed by atoms with Crippen molar-refractivity contribution in [3.63, 3.8) is 0 Å². The fourth-order valence-corrected chi connectivity index (χ4v) is 4.10. The summed E-state index contributed by atoms with van der Waals surface area (Å²) in [6.45, 7) is 0. The minimum atomic E-state index is -0.615. The number of aromatic nitrogens is 1. The second-order valence-electron chi connectivity index (χ2n) is 7.29. The molecule has 2 aromatic heterocycles. The van der Waals surface area contributed by atoms with Crippen molar-refractivity contribution in [2.75, 3.05) is 0 Å². The molecule has 0 spiro atoms. The third-order valence-electron chi connectivity index (χ3n) is 5.37. The molecule has 4 rings (SSSR count). The predicted octanol–water partition coefficient (Wildman–Crippen LogP) is 4.11. The van der Waals surface area contributed by atoms with Gasteiger partial charge in [0, 0.05) is 16.2 Å². The zero-order chi connectivity index (χ0) is 20.5. The van der Waals surface area contributed by atoms with Crippen molar-refractivity contribution in [3.05, 3.63) is 75.8 Å². The average Bonchev–Trinajstić information content (AvgIpc) is 3.11. The number of halogens is 2. The molecule has 0 bridgehead atoms. The normalized spacial score (nSPS) is 19.3. The third-order valence-corrected chi connectivity index (χ3v) is 5.90. The Hall–Kier alpha value is -2.51. The Morgan fingerprint density at radius 3 is 2.59 bits per heavy atom. The van der Waals surface area contributed by atoms with Gasteiger partial charge < -0.3 is 14.8 Å². The van der Waals surface area contributed by atoms with E-state index in [9.17, 15) is 19.1 Å². The van der Waals surface area contributed by atoms with E-state index in [1.807, 2.05) is 0 Å². The van der Waals surface area contributed by atoms with E-state index in [0.29, 0.717) is 18.4 Å². The van der Waals surface area contributed by atoms with E-state index in [-0.39, 0.29) is 28.6 Å². The largest absolute Gasteiger partial charge is 0.391 e. The van der Waals surface area contributed by atoms with Crippen molar-refractivity contribution < 1.29 is 19.1 Å². The van der Waals surface area contributed by atoms with Gasteiger partial charge in [0.2, 0.25) is 5.78 Å². The van der Waals surface area contributed by atoms with Crippen molar-refractivity contribution in [1.82, 2.24) is 9.72 Å². The van der Waals surface area contributed by atoms with Crippen LogP contribution in [0.5, 0.6) is 0 Å². The first-order valence-electron chi connectivity index (χ1n) is 9.54. The summed E-state index contributed by atoms with van der Waals surface area (Å²) in [6.07, 6.45) is 4.09. The second-order valence-corrected chi connectivity index (χ2v) is 8.20. The lowest BCUT2D eigenvalue weighted by Crippen LogP contribution is -2.45. The number of hydrogen-bond acceptors (Lipinski definition) is 3. The van der Waals surface area contributed by atoms with Gasteiger partial charge in [0.15, 0.2) is 0 Å². The Morgan fingerprint density at radius 1 is 1.14 bits per heavy atom. The van der Waals surface area contributed by atoms with Crippen molar-refractivity contribution in [2.24, 2.45) is 0 Å². The molecule has 0 saturated heterocycles. The summed E-state index contributed by atoms with van der Waals surface area (Å²) in [5.74, 6) is -1.39. The zero-order valence-corrected chi connectivity index (χ0v) is 17.2. The number of ketones is 1. The molecule has 1 fully saturated rings. The maximum absolute atomic E-state index is 14.6. The number of aliphatic hydroxyl groups is 1. The van der Waals surface area contributed by atoms with Crippen molar-refractivity contribution >= 4 is 33.1 Å². The first-order valence-corrected chi connectivity index (χ1v) is 10.3. The number of benzene rings is 1. The molecule has 1 saturated carbocycles. The number of carbonyl (C=O) groups excluding carboxylic acids is 2. The summed E-state index contributed by atoms with van der Waals surface area (Å²) in [6, 6.07) is 10.6. The quantitative estimate of drug-likeness (QED) is 0.578. The third kappa shape index (κ3) is 3.84. The molecule has 1 aliphatic rings. The number of nitrogens with one attached hydrogen (secondary N) is 1. The fourth-order valence-electron chi connectivity index (χ4n) is 3.84. The molecule has 5 nitrogen and oxygen atoms in total. The Balaban J connectivity index is 1.74. The highest BCUT2D eigenvalue weighted by Gasteiger charge is 2.28. The summed E-state index contributed by atoms with van der Waals surface area (Å²) in [5, 5.41) is 13.0. The van der Waals surface area contributed by atoms with E-state index < -0.39 is 17.8 Å². The van der Waals surface area contributed by atoms with Crippen LogP contribution in [0, 0.1) is 5.82 Å². The number of nitrogens with zero attached hydrogens (tertiary/aromatic N) is 1. The number of carbonyl (C=O) groups is 2. The second kappa shape index (κ2) is 8.08. The van der Waals surface area contributed by atoms with Gasteiger partial charge in [-0.3, -0.25) is 9.59 Å². The molecule has 1 amide bonds. The lowest BCUT2D eigenvalue weighted by Gasteiger charge is -2.28. The smallest absolute Gasteiger partial charge is 0.253 e. The summed E-state index contributed by atoms with van der Waals surface area (Å²) < 4.78 is 16.9. The van der Waals surface area contributed by atoms with Crippen LogP contribution in [-0.4, -0.2) is 33.3 Å². The van der Waals surface area contributed by atoms with Crippen LogP contribution in [0.3, 0.4) is 0 Å². The van der Waals surface area contributed by atoms with E-state index in [2.05, 4.69) is 21.2 Å². The van der Waals surface area contributed by atoms with E-state index in [1.54, 1.807) is 30.5 Å². The summed E-state index contributed by atoms with van der Waals surface area (Å²) >= 11 is 3.34. The van der Waals surface area contributed by atoms with Crippen LogP contribution in [-0.2, 0) is 0 Å². The number of aliphatic hydroxyl groups excluding tert-OH is 1. The van der Waals surface area contributed by atoms with E-state index in [4.69, 9.17) is 0 Å². The van der Waals surface area contributed by atoms with Gasteiger partial charge in [-0.05, 0) is 55.3 Å². The lowest BCUT2D eigenvalue weighted by atomic mass is 9.92. The number of hydrogen-bond donors (Lipinski definition) is 2. The minimum Gasteiger partial charge on any atom is -0.391 e. The number of fused-ring (bicyclic) bond motifs is 1. The van der Waals surface area contributed by atoms with Crippen LogP contribution in [0.2, 0.25) is 0 Å². The molecule has 150 valence electrons. The SMILES string of the molecule is O=C(N[C@H]1CCCC[C@@H]1O)c1cc(C(=O)c2ccc(Br)cc2)n2cccc(F)c12. The molecule has 2 atom stereocenters. The van der Waals surface area contributed by atoms with E-state index in [1.165, 1.54) is 22.6 Å². The molecular formula is C22H20BrFN2O3. The molecule has 7 heteroatoms. The van der Waals surface area contributed by atoms with Gasteiger partial charge >= 0.3 is 0 Å². The molecule has 3 aromatic rings. The molecular weight excluding hydrogens is 439 g/mol. The van der Waals surface area contributed by atoms with Gasteiger partial charge in [0.05, 0.1) is 28.9 Å². The Morgan fingerprint density at radius 2 is 1.86 bits per heavy atom. The maximum Gasteiger partial charge on any atom is 0.253 e.